The van der Waals surface area contributed by atoms with Gasteiger partial charge in [-0.3, -0.25) is 5.32 Å². The SMILES string of the molecule is c1ccc(-c2ccc3c4c5ccccc5c5c6ccccc6sc5c4n(C4Nc5ccccc5C(c5ccccc5)N4)c3c2)cc1. The maximum Gasteiger partial charge on any atom is 0.160 e. The molecule has 0 fully saturated rings. The van der Waals surface area contributed by atoms with Gasteiger partial charge in [0.2, 0.25) is 0 Å². The van der Waals surface area contributed by atoms with Crippen LogP contribution in [0, 0.1) is 0 Å². The van der Waals surface area contributed by atoms with E-state index in [-0.39, 0.29) is 12.3 Å². The predicted octanol–water partition coefficient (Wildman–Crippen LogP) is 11.2. The monoisotopic (exact) mass is 607 g/mol. The van der Waals surface area contributed by atoms with Gasteiger partial charge in [0, 0.05) is 31.9 Å². The first-order chi connectivity index (χ1) is 22.8. The van der Waals surface area contributed by atoms with Gasteiger partial charge in [-0.1, -0.05) is 133 Å². The van der Waals surface area contributed by atoms with E-state index in [2.05, 4.69) is 167 Å². The molecule has 0 radical (unpaired) electrons. The van der Waals surface area contributed by atoms with Gasteiger partial charge in [0.15, 0.2) is 6.29 Å². The summed E-state index contributed by atoms with van der Waals surface area (Å²) in [5, 5.41) is 15.9. The molecule has 3 heterocycles. The molecule has 0 amide bonds. The Hall–Kier alpha value is -5.42. The Kier molecular flexibility index (Phi) is 5.65. The number of para-hydroxylation sites is 1. The highest BCUT2D eigenvalue weighted by atomic mass is 32.1. The van der Waals surface area contributed by atoms with Crippen LogP contribution in [0.2, 0.25) is 0 Å². The van der Waals surface area contributed by atoms with E-state index >= 15 is 0 Å². The van der Waals surface area contributed by atoms with Crippen molar-refractivity contribution in [2.24, 2.45) is 0 Å². The van der Waals surface area contributed by atoms with Gasteiger partial charge in [0.05, 0.1) is 21.8 Å². The molecular weight excluding hydrogens is 579 g/mol. The summed E-state index contributed by atoms with van der Waals surface area (Å²) in [6, 6.07) is 55.2. The van der Waals surface area contributed by atoms with Crippen LogP contribution in [0.5, 0.6) is 0 Å². The molecule has 2 unspecified atom stereocenters. The van der Waals surface area contributed by atoms with E-state index in [0.29, 0.717) is 0 Å². The molecule has 7 aromatic carbocycles. The second-order valence-corrected chi connectivity index (χ2v) is 13.2. The molecular formula is C42H29N3S. The lowest BCUT2D eigenvalue weighted by molar-refractivity contribution is 0.417. The van der Waals surface area contributed by atoms with Gasteiger partial charge >= 0.3 is 0 Å². The molecule has 1 aliphatic rings. The van der Waals surface area contributed by atoms with E-state index in [0.717, 1.165) is 5.69 Å². The largest absolute Gasteiger partial charge is 0.352 e. The zero-order valence-electron chi connectivity index (χ0n) is 24.9. The van der Waals surface area contributed by atoms with Crippen molar-refractivity contribution < 1.29 is 0 Å². The van der Waals surface area contributed by atoms with E-state index < -0.39 is 0 Å². The number of hydrogen-bond acceptors (Lipinski definition) is 3. The lowest BCUT2D eigenvalue weighted by Gasteiger charge is -2.36. The Labute approximate surface area is 270 Å². The fraction of sp³-hybridized carbons (Fsp3) is 0.0476. The topological polar surface area (TPSA) is 29.0 Å². The number of hydrogen-bond donors (Lipinski definition) is 2. The molecule has 218 valence electrons. The average Bonchev–Trinajstić information content (AvgIpc) is 3.68. The first-order valence-corrected chi connectivity index (χ1v) is 16.7. The van der Waals surface area contributed by atoms with Crippen LogP contribution >= 0.6 is 11.3 Å². The van der Waals surface area contributed by atoms with Crippen LogP contribution in [0.4, 0.5) is 5.69 Å². The van der Waals surface area contributed by atoms with Gasteiger partial charge in [-0.25, -0.2) is 0 Å². The van der Waals surface area contributed by atoms with Crippen molar-refractivity contribution in [2.75, 3.05) is 5.32 Å². The summed E-state index contributed by atoms with van der Waals surface area (Å²) >= 11 is 1.91. The van der Waals surface area contributed by atoms with Crippen LogP contribution in [0.25, 0.3) is 63.9 Å². The van der Waals surface area contributed by atoms with E-state index in [4.69, 9.17) is 0 Å². The zero-order valence-corrected chi connectivity index (χ0v) is 25.8. The summed E-state index contributed by atoms with van der Waals surface area (Å²) in [5.74, 6) is 0. The molecule has 0 saturated carbocycles. The summed E-state index contributed by atoms with van der Waals surface area (Å²) in [6.07, 6.45) is -0.194. The zero-order chi connectivity index (χ0) is 30.2. The van der Waals surface area contributed by atoms with Gasteiger partial charge in [-0.05, 0) is 51.2 Å². The van der Waals surface area contributed by atoms with Gasteiger partial charge in [0.25, 0.3) is 0 Å². The second kappa shape index (κ2) is 10.0. The lowest BCUT2D eigenvalue weighted by atomic mass is 9.95. The van der Waals surface area contributed by atoms with Crippen molar-refractivity contribution in [3.05, 3.63) is 163 Å². The minimum atomic E-state index is -0.194. The third-order valence-electron chi connectivity index (χ3n) is 9.67. The number of aromatic nitrogens is 1. The first kappa shape index (κ1) is 25.9. The summed E-state index contributed by atoms with van der Waals surface area (Å²) in [5.41, 5.74) is 8.58. The van der Waals surface area contributed by atoms with E-state index in [1.165, 1.54) is 75.0 Å². The summed E-state index contributed by atoms with van der Waals surface area (Å²) in [6.45, 7) is 0. The Morgan fingerprint density at radius 2 is 1.22 bits per heavy atom. The molecule has 9 aromatic rings. The minimum absolute atomic E-state index is 0.0341. The van der Waals surface area contributed by atoms with Crippen molar-refractivity contribution >= 4 is 69.8 Å². The van der Waals surface area contributed by atoms with E-state index in [9.17, 15) is 0 Å². The third kappa shape index (κ3) is 3.75. The molecule has 1 aliphatic heterocycles. The Balaban J connectivity index is 1.35. The quantitative estimate of drug-likeness (QED) is 0.209. The molecule has 3 nitrogen and oxygen atoms in total. The molecule has 0 spiro atoms. The van der Waals surface area contributed by atoms with Crippen molar-refractivity contribution in [3.63, 3.8) is 0 Å². The normalized spacial score (nSPS) is 16.3. The standard InChI is InChI=1S/C42H29N3S/c1-3-13-26(14-4-1)28-23-24-32-35(25-28)45(42-43-34-21-11-9-19-31(34)39(44-42)27-15-5-2-6-16-27)40-37(32)29-17-7-8-18-30(29)38-33-20-10-12-22-36(33)46-41(38)40/h1-25,39,42-44H. The maximum absolute atomic E-state index is 4.07. The highest BCUT2D eigenvalue weighted by molar-refractivity contribution is 7.27. The molecule has 2 atom stereocenters. The van der Waals surface area contributed by atoms with Crippen LogP contribution in [0.15, 0.2) is 152 Å². The Bertz CT molecular complexity index is 2600. The van der Waals surface area contributed by atoms with Crippen molar-refractivity contribution in [1.29, 1.82) is 0 Å². The molecule has 2 N–H and O–H groups in total. The van der Waals surface area contributed by atoms with E-state index in [1.807, 2.05) is 11.3 Å². The number of rotatable bonds is 3. The maximum atomic E-state index is 4.07. The third-order valence-corrected chi connectivity index (χ3v) is 10.8. The van der Waals surface area contributed by atoms with Crippen molar-refractivity contribution in [2.45, 2.75) is 12.3 Å². The van der Waals surface area contributed by atoms with Crippen molar-refractivity contribution in [3.8, 4) is 11.1 Å². The molecule has 0 aliphatic carbocycles. The number of benzene rings is 7. The number of anilines is 1. The summed E-state index contributed by atoms with van der Waals surface area (Å²) < 4.78 is 5.19. The highest BCUT2D eigenvalue weighted by Gasteiger charge is 2.31. The second-order valence-electron chi connectivity index (χ2n) is 12.2. The first-order valence-electron chi connectivity index (χ1n) is 15.8. The van der Waals surface area contributed by atoms with Gasteiger partial charge in [-0.2, -0.15) is 0 Å². The highest BCUT2D eigenvalue weighted by Crippen LogP contribution is 2.49. The van der Waals surface area contributed by atoms with Crippen LogP contribution in [0.1, 0.15) is 23.5 Å². The van der Waals surface area contributed by atoms with Crippen LogP contribution < -0.4 is 10.6 Å². The number of thiophene rings is 1. The van der Waals surface area contributed by atoms with Gasteiger partial charge in [-0.15, -0.1) is 11.3 Å². The molecule has 2 aromatic heterocycles. The molecule has 4 heteroatoms. The Morgan fingerprint density at radius 1 is 0.543 bits per heavy atom. The average molecular weight is 608 g/mol. The van der Waals surface area contributed by atoms with Crippen molar-refractivity contribution in [1.82, 2.24) is 9.88 Å². The Morgan fingerprint density at radius 3 is 2.04 bits per heavy atom. The lowest BCUT2D eigenvalue weighted by Crippen LogP contribution is -2.40. The molecule has 0 saturated heterocycles. The molecule has 10 rings (SSSR count). The fourth-order valence-corrected chi connectivity index (χ4v) is 8.93. The number of fused-ring (bicyclic) bond motifs is 11. The van der Waals surface area contributed by atoms with Crippen LogP contribution in [0.3, 0.4) is 0 Å². The van der Waals surface area contributed by atoms with Crippen LogP contribution in [-0.4, -0.2) is 4.57 Å². The number of nitrogens with one attached hydrogen (secondary N) is 2. The van der Waals surface area contributed by atoms with Crippen LogP contribution in [-0.2, 0) is 0 Å². The minimum Gasteiger partial charge on any atom is -0.352 e. The summed E-state index contributed by atoms with van der Waals surface area (Å²) in [7, 11) is 0. The van der Waals surface area contributed by atoms with Gasteiger partial charge in [0.1, 0.15) is 0 Å². The molecule has 0 bridgehead atoms. The van der Waals surface area contributed by atoms with Gasteiger partial charge < -0.3 is 9.88 Å². The fourth-order valence-electron chi connectivity index (χ4n) is 7.66. The van der Waals surface area contributed by atoms with E-state index in [1.54, 1.807) is 0 Å². The smallest absolute Gasteiger partial charge is 0.160 e. The summed E-state index contributed by atoms with van der Waals surface area (Å²) in [4.78, 5) is 0. The number of nitrogens with zero attached hydrogens (tertiary/aromatic N) is 1. The predicted molar refractivity (Wildman–Crippen MR) is 196 cm³/mol. The molecule has 46 heavy (non-hydrogen) atoms.